The Bertz CT molecular complexity index is 332. The van der Waals surface area contributed by atoms with Crippen molar-refractivity contribution in [3.63, 3.8) is 0 Å². The summed E-state index contributed by atoms with van der Waals surface area (Å²) in [6.07, 6.45) is 7.86. The van der Waals surface area contributed by atoms with Gasteiger partial charge in [-0.3, -0.25) is 0 Å². The number of esters is 1. The quantitative estimate of drug-likeness (QED) is 0.139. The Morgan fingerprint density at radius 1 is 1.18 bits per heavy atom. The van der Waals surface area contributed by atoms with Crippen LogP contribution in [0.25, 0.3) is 0 Å². The molecule has 0 aromatic rings. The van der Waals surface area contributed by atoms with Crippen LogP contribution in [0, 0.1) is 0 Å². The minimum absolute atomic E-state index is 0.0812. The molecule has 0 aliphatic carbocycles. The minimum Gasteiger partial charge on any atom is -0.463 e. The lowest BCUT2D eigenvalue weighted by Gasteiger charge is -2.28. The minimum atomic E-state index is -1.71. The van der Waals surface area contributed by atoms with Gasteiger partial charge >= 0.3 is 5.97 Å². The van der Waals surface area contributed by atoms with Crippen LogP contribution < -0.4 is 0 Å². The largest absolute Gasteiger partial charge is 0.463 e. The van der Waals surface area contributed by atoms with Gasteiger partial charge in [0.2, 0.25) is 0 Å². The molecule has 22 heavy (non-hydrogen) atoms. The summed E-state index contributed by atoms with van der Waals surface area (Å²) in [4.78, 5) is 12.7. The van der Waals surface area contributed by atoms with Crippen molar-refractivity contribution in [3.05, 3.63) is 12.2 Å². The number of unbranched alkanes of at least 4 members (excludes halogenated alkanes) is 4. The average molecular weight is 393 g/mol. The van der Waals surface area contributed by atoms with E-state index in [4.69, 9.17) is 9.16 Å². The Morgan fingerprint density at radius 3 is 2.36 bits per heavy atom. The smallest absolute Gasteiger partial charge is 0.333 e. The molecule has 0 fully saturated rings. The molecule has 0 aliphatic rings. The zero-order valence-electron chi connectivity index (χ0n) is 14.8. The third-order valence-electron chi connectivity index (χ3n) is 3.48. The summed E-state index contributed by atoms with van der Waals surface area (Å²) in [5.41, 5.74) is 0.528. The molecule has 0 heterocycles. The second-order valence-electron chi connectivity index (χ2n) is 6.36. The lowest BCUT2D eigenvalue weighted by molar-refractivity contribution is -0.138. The maximum Gasteiger partial charge on any atom is 0.333 e. The van der Waals surface area contributed by atoms with Gasteiger partial charge in [0.15, 0.2) is 8.32 Å². The molecule has 0 saturated carbocycles. The zero-order valence-corrected chi connectivity index (χ0v) is 17.3. The van der Waals surface area contributed by atoms with Gasteiger partial charge in [-0.2, -0.15) is 0 Å². The fourth-order valence-corrected chi connectivity index (χ4v) is 3.82. The average Bonchev–Trinajstić information content (AvgIpc) is 2.46. The molecular formula is C17H33BrO3Si. The molecule has 0 radical (unpaired) electrons. The summed E-state index contributed by atoms with van der Waals surface area (Å²) in [5, 5.41) is 0. The molecule has 0 saturated heterocycles. The van der Waals surface area contributed by atoms with Crippen molar-refractivity contribution in [2.75, 3.05) is 11.6 Å². The molecule has 0 rings (SSSR count). The van der Waals surface area contributed by atoms with E-state index < -0.39 is 8.32 Å². The molecule has 0 N–H and O–H groups in total. The van der Waals surface area contributed by atoms with Crippen molar-refractivity contribution in [2.45, 2.75) is 78.0 Å². The fourth-order valence-electron chi connectivity index (χ4n) is 2.25. The van der Waals surface area contributed by atoms with Crippen molar-refractivity contribution >= 4 is 30.2 Å². The molecule has 1 atom stereocenters. The van der Waals surface area contributed by atoms with E-state index >= 15 is 0 Å². The topological polar surface area (TPSA) is 35.5 Å². The number of alkyl halides is 1. The van der Waals surface area contributed by atoms with Gasteiger partial charge in [0.05, 0.1) is 6.61 Å². The normalized spacial score (nSPS) is 13.0. The van der Waals surface area contributed by atoms with Crippen molar-refractivity contribution in [1.29, 1.82) is 0 Å². The number of hydrogen-bond acceptors (Lipinski definition) is 3. The van der Waals surface area contributed by atoms with Gasteiger partial charge in [-0.05, 0) is 26.4 Å². The molecule has 0 bridgehead atoms. The summed E-state index contributed by atoms with van der Waals surface area (Å²) in [5.74, 6) is -0.291. The van der Waals surface area contributed by atoms with Crippen molar-refractivity contribution in [3.8, 4) is 0 Å². The van der Waals surface area contributed by atoms with Crippen molar-refractivity contribution in [2.24, 2.45) is 0 Å². The van der Waals surface area contributed by atoms with Crippen LogP contribution >= 0.6 is 15.9 Å². The first-order valence-electron chi connectivity index (χ1n) is 8.45. The number of hydrogen-bond donors (Lipinski definition) is 0. The lowest BCUT2D eigenvalue weighted by atomic mass is 10.0. The number of rotatable bonds is 13. The molecular weight excluding hydrogens is 360 g/mol. The second-order valence-corrected chi connectivity index (χ2v) is 12.1. The number of ether oxygens (including phenoxy) is 1. The number of halogens is 1. The van der Waals surface area contributed by atoms with E-state index in [0.717, 1.165) is 17.8 Å². The van der Waals surface area contributed by atoms with Gasteiger partial charge in [-0.25, -0.2) is 4.79 Å². The van der Waals surface area contributed by atoms with Gasteiger partial charge < -0.3 is 9.16 Å². The predicted octanol–water partition coefficient (Wildman–Crippen LogP) is 5.38. The Hall–Kier alpha value is -0.133. The van der Waals surface area contributed by atoms with Gasteiger partial charge in [-0.1, -0.05) is 61.5 Å². The van der Waals surface area contributed by atoms with Gasteiger partial charge in [0.1, 0.15) is 0 Å². The second kappa shape index (κ2) is 12.3. The van der Waals surface area contributed by atoms with E-state index in [-0.39, 0.29) is 12.1 Å². The highest BCUT2D eigenvalue weighted by atomic mass is 79.9. The van der Waals surface area contributed by atoms with Crippen LogP contribution in [0.15, 0.2) is 12.2 Å². The molecule has 3 nitrogen and oxygen atoms in total. The molecule has 0 spiro atoms. The standard InChI is InChI=1S/C17H33BrO3Si/c1-6-8-9-10-11-12-16(21-22(4,5)14-18)13-15(3)17(19)20-7-2/h16H,3,6-14H2,1-2,4-5H3/t16-/m0/s1. The number of carbonyl (C=O) groups excluding carboxylic acids is 1. The fraction of sp³-hybridized carbons (Fsp3) is 0.824. The molecule has 0 amide bonds. The molecule has 0 aromatic heterocycles. The van der Waals surface area contributed by atoms with Crippen LogP contribution in [-0.4, -0.2) is 32.0 Å². The Balaban J connectivity index is 4.45. The van der Waals surface area contributed by atoms with Gasteiger partial charge in [-0.15, -0.1) is 0 Å². The zero-order chi connectivity index (χ0) is 17.0. The van der Waals surface area contributed by atoms with Crippen LogP contribution in [0.5, 0.6) is 0 Å². The first kappa shape index (κ1) is 21.9. The van der Waals surface area contributed by atoms with Crippen LogP contribution in [0.4, 0.5) is 0 Å². The summed E-state index contributed by atoms with van der Waals surface area (Å²) in [6.45, 7) is 12.7. The molecule has 5 heteroatoms. The third-order valence-corrected chi connectivity index (χ3v) is 9.14. The molecule has 0 aliphatic heterocycles. The predicted molar refractivity (Wildman–Crippen MR) is 99.9 cm³/mol. The van der Waals surface area contributed by atoms with Gasteiger partial charge in [0, 0.05) is 23.1 Å². The third kappa shape index (κ3) is 10.6. The Morgan fingerprint density at radius 2 is 1.82 bits per heavy atom. The highest BCUT2D eigenvalue weighted by molar-refractivity contribution is 9.09. The van der Waals surface area contributed by atoms with E-state index in [2.05, 4.69) is 42.5 Å². The summed E-state index contributed by atoms with van der Waals surface area (Å²) in [6, 6.07) is 0. The summed E-state index contributed by atoms with van der Waals surface area (Å²) >= 11 is 3.54. The van der Waals surface area contributed by atoms with Crippen molar-refractivity contribution in [1.82, 2.24) is 0 Å². The number of carbonyl (C=O) groups is 1. The maximum absolute atomic E-state index is 11.8. The van der Waals surface area contributed by atoms with Crippen LogP contribution in [0.2, 0.25) is 13.1 Å². The first-order chi connectivity index (χ1) is 10.4. The SMILES string of the molecule is C=C(C[C@H](CCCCCCC)O[Si](C)(C)CBr)C(=O)OCC. The van der Waals surface area contributed by atoms with Crippen LogP contribution in [0.3, 0.4) is 0 Å². The summed E-state index contributed by atoms with van der Waals surface area (Å²) < 4.78 is 11.3. The van der Waals surface area contributed by atoms with E-state index in [1.165, 1.54) is 25.7 Å². The lowest BCUT2D eigenvalue weighted by Crippen LogP contribution is -2.38. The summed E-state index contributed by atoms with van der Waals surface area (Å²) in [7, 11) is -1.71. The molecule has 0 unspecified atom stereocenters. The monoisotopic (exact) mass is 392 g/mol. The Labute approximate surface area is 146 Å². The van der Waals surface area contributed by atoms with E-state index in [9.17, 15) is 4.79 Å². The van der Waals surface area contributed by atoms with Crippen molar-refractivity contribution < 1.29 is 14.0 Å². The highest BCUT2D eigenvalue weighted by Crippen LogP contribution is 2.21. The highest BCUT2D eigenvalue weighted by Gasteiger charge is 2.26. The maximum atomic E-state index is 11.8. The van der Waals surface area contributed by atoms with Gasteiger partial charge in [0.25, 0.3) is 0 Å². The Kier molecular flexibility index (Phi) is 12.2. The van der Waals surface area contributed by atoms with Crippen LogP contribution in [-0.2, 0) is 14.0 Å². The van der Waals surface area contributed by atoms with E-state index in [1.54, 1.807) is 0 Å². The van der Waals surface area contributed by atoms with E-state index in [1.807, 2.05) is 6.92 Å². The van der Waals surface area contributed by atoms with E-state index in [0.29, 0.717) is 18.6 Å². The molecule has 130 valence electrons. The first-order valence-corrected chi connectivity index (χ1v) is 12.7. The van der Waals surface area contributed by atoms with Crippen LogP contribution in [0.1, 0.15) is 58.8 Å². The molecule has 0 aromatic carbocycles.